The van der Waals surface area contributed by atoms with Gasteiger partial charge in [0.15, 0.2) is 0 Å². The highest BCUT2D eigenvalue weighted by molar-refractivity contribution is 5.89. The molecule has 206 valence electrons. The van der Waals surface area contributed by atoms with Crippen molar-refractivity contribution in [1.82, 2.24) is 19.4 Å². The first kappa shape index (κ1) is 27.1. The molecule has 1 aromatic carbocycles. The number of aromatic nitrogens is 3. The number of anilines is 1. The summed E-state index contributed by atoms with van der Waals surface area (Å²) in [6.07, 6.45) is -3.07. The number of hydrogen-bond donors (Lipinski definition) is 0. The second kappa shape index (κ2) is 10.6. The Morgan fingerprint density at radius 2 is 1.80 bits per heavy atom. The van der Waals surface area contributed by atoms with Crippen molar-refractivity contribution in [2.45, 2.75) is 38.3 Å². The minimum absolute atomic E-state index is 0.0440. The highest BCUT2D eigenvalue weighted by Crippen LogP contribution is 2.36. The van der Waals surface area contributed by atoms with Gasteiger partial charge in [-0.15, -0.1) is 18.2 Å². The number of alkyl halides is 3. The van der Waals surface area contributed by atoms with Gasteiger partial charge in [-0.25, -0.2) is 0 Å². The van der Waals surface area contributed by atoms with Crippen molar-refractivity contribution in [3.05, 3.63) is 99.9 Å². The normalized spacial score (nSPS) is 18.9. The fourth-order valence-corrected chi connectivity index (χ4v) is 5.35. The Bertz CT molecular complexity index is 1620. The highest BCUT2D eigenvalue weighted by atomic mass is 19.4. The molecule has 0 amide bonds. The Morgan fingerprint density at radius 3 is 2.45 bits per heavy atom. The molecule has 0 aliphatic carbocycles. The van der Waals surface area contributed by atoms with Crippen molar-refractivity contribution in [2.24, 2.45) is 7.05 Å². The van der Waals surface area contributed by atoms with Crippen LogP contribution in [0.2, 0.25) is 0 Å². The molecule has 4 aromatic rings. The third-order valence-electron chi connectivity index (χ3n) is 7.24. The Hall–Kier alpha value is -4.43. The predicted octanol–water partition coefficient (Wildman–Crippen LogP) is 5.47. The molecule has 1 aliphatic rings. The molecule has 4 heterocycles. The zero-order valence-electron chi connectivity index (χ0n) is 22.1. The number of piperazine rings is 1. The van der Waals surface area contributed by atoms with Crippen LogP contribution in [0.1, 0.15) is 31.1 Å². The zero-order valence-corrected chi connectivity index (χ0v) is 22.1. The van der Waals surface area contributed by atoms with Crippen LogP contribution in [0.4, 0.5) is 24.7 Å². The molecule has 0 spiro atoms. The first-order valence-corrected chi connectivity index (χ1v) is 12.7. The number of ether oxygens (including phenoxy) is 1. The lowest BCUT2D eigenvalue weighted by atomic mass is 9.96. The van der Waals surface area contributed by atoms with E-state index in [1.54, 1.807) is 43.6 Å². The van der Waals surface area contributed by atoms with E-state index < -0.39 is 6.36 Å². The van der Waals surface area contributed by atoms with Gasteiger partial charge in [-0.05, 0) is 55.8 Å². The third kappa shape index (κ3) is 5.35. The Labute approximate surface area is 229 Å². The summed E-state index contributed by atoms with van der Waals surface area (Å²) in [6.45, 7) is 12.6. The van der Waals surface area contributed by atoms with E-state index in [0.717, 1.165) is 11.3 Å². The lowest BCUT2D eigenvalue weighted by Crippen LogP contribution is -2.57. The van der Waals surface area contributed by atoms with Crippen LogP contribution in [0, 0.1) is 6.57 Å². The van der Waals surface area contributed by atoms with Gasteiger partial charge in [-0.2, -0.15) is 0 Å². The molecule has 0 bridgehead atoms. The van der Waals surface area contributed by atoms with E-state index >= 15 is 0 Å². The van der Waals surface area contributed by atoms with Crippen molar-refractivity contribution in [3.8, 4) is 5.75 Å². The van der Waals surface area contributed by atoms with Crippen LogP contribution in [0.5, 0.6) is 5.75 Å². The predicted molar refractivity (Wildman–Crippen MR) is 145 cm³/mol. The Balaban J connectivity index is 1.51. The Morgan fingerprint density at radius 1 is 1.05 bits per heavy atom. The molecule has 0 radical (unpaired) electrons. The van der Waals surface area contributed by atoms with E-state index in [9.17, 15) is 18.0 Å². The van der Waals surface area contributed by atoms with Crippen LogP contribution in [0.25, 0.3) is 15.9 Å². The van der Waals surface area contributed by atoms with Gasteiger partial charge in [0.05, 0.1) is 22.9 Å². The summed E-state index contributed by atoms with van der Waals surface area (Å²) in [5.41, 5.74) is 3.28. The van der Waals surface area contributed by atoms with Crippen LogP contribution >= 0.6 is 0 Å². The minimum atomic E-state index is -4.77. The molecule has 1 saturated heterocycles. The second-order valence-electron chi connectivity index (χ2n) is 9.90. The molecule has 1 aliphatic heterocycles. The molecule has 0 N–H and O–H groups in total. The van der Waals surface area contributed by atoms with E-state index in [1.807, 2.05) is 18.2 Å². The number of hydrogen-bond acceptors (Lipinski definition) is 6. The molecule has 3 atom stereocenters. The van der Waals surface area contributed by atoms with Gasteiger partial charge in [0, 0.05) is 44.5 Å². The van der Waals surface area contributed by atoms with Crippen molar-refractivity contribution in [2.75, 3.05) is 18.0 Å². The van der Waals surface area contributed by atoms with E-state index in [2.05, 4.69) is 43.2 Å². The zero-order chi connectivity index (χ0) is 28.6. The molecule has 40 heavy (non-hydrogen) atoms. The van der Waals surface area contributed by atoms with Crippen molar-refractivity contribution < 1.29 is 17.9 Å². The number of halogens is 3. The number of nitrogens with zero attached hydrogens (tertiary/aromatic N) is 6. The van der Waals surface area contributed by atoms with E-state index in [1.165, 1.54) is 16.7 Å². The highest BCUT2D eigenvalue weighted by Gasteiger charge is 2.37. The van der Waals surface area contributed by atoms with Gasteiger partial charge in [-0.1, -0.05) is 24.8 Å². The third-order valence-corrected chi connectivity index (χ3v) is 7.24. The molecule has 5 rings (SSSR count). The average Bonchev–Trinajstić information content (AvgIpc) is 2.93. The fourth-order valence-electron chi connectivity index (χ4n) is 5.35. The summed E-state index contributed by atoms with van der Waals surface area (Å²) in [7, 11) is 1.68. The van der Waals surface area contributed by atoms with Gasteiger partial charge < -0.3 is 19.0 Å². The molecule has 1 unspecified atom stereocenters. The van der Waals surface area contributed by atoms with Crippen molar-refractivity contribution >= 4 is 22.5 Å². The van der Waals surface area contributed by atoms with Gasteiger partial charge in [0.25, 0.3) is 11.4 Å². The maximum absolute atomic E-state index is 12.8. The van der Waals surface area contributed by atoms with E-state index in [0.29, 0.717) is 29.8 Å². The van der Waals surface area contributed by atoms with Crippen LogP contribution in [-0.4, -0.2) is 51.0 Å². The number of aryl methyl sites for hydroxylation is 1. The summed E-state index contributed by atoms with van der Waals surface area (Å²) < 4.78 is 43.8. The summed E-state index contributed by atoms with van der Waals surface area (Å²) in [4.78, 5) is 29.8. The van der Waals surface area contributed by atoms with Crippen molar-refractivity contribution in [1.29, 1.82) is 0 Å². The minimum Gasteiger partial charge on any atom is -0.406 e. The van der Waals surface area contributed by atoms with E-state index in [-0.39, 0.29) is 35.3 Å². The first-order valence-electron chi connectivity index (χ1n) is 12.7. The van der Waals surface area contributed by atoms with Crippen LogP contribution in [0.15, 0.2) is 71.7 Å². The molecule has 3 aromatic heterocycles. The SMILES string of the molecule is [C-]#[N+]c1ccc2c(n1)c(N1C[C@@H](C)N(C(c3ccc(OC(F)(F)F)cc3)c3ccccn3)C[C@@H]1C)cc(=O)n2C. The van der Waals surface area contributed by atoms with Gasteiger partial charge in [0.2, 0.25) is 5.52 Å². The number of fused-ring (bicyclic) bond motifs is 1. The molecular weight excluding hydrogens is 521 g/mol. The summed E-state index contributed by atoms with van der Waals surface area (Å²) in [5, 5.41) is 0. The first-order chi connectivity index (χ1) is 19.1. The van der Waals surface area contributed by atoms with Crippen LogP contribution in [0.3, 0.4) is 0 Å². The van der Waals surface area contributed by atoms with Gasteiger partial charge in [-0.3, -0.25) is 14.7 Å². The standard InChI is InChI=1S/C29H27F3N6O2/c1-18-17-38(28(22-7-5-6-14-34-22)20-8-10-21(11-9-20)40-29(30,31)32)19(2)16-37(18)24-15-26(39)36(4)23-12-13-25(33-3)35-27(23)24/h5-15,18-19,28H,16-17H2,1-2,4H3/t18-,19+,28?/m0/s1. The van der Waals surface area contributed by atoms with Gasteiger partial charge >= 0.3 is 6.36 Å². The monoisotopic (exact) mass is 548 g/mol. The fraction of sp³-hybridized carbons (Fsp3) is 0.310. The lowest BCUT2D eigenvalue weighted by molar-refractivity contribution is -0.274. The maximum Gasteiger partial charge on any atom is 0.573 e. The molecule has 11 heteroatoms. The average molecular weight is 549 g/mol. The molecule has 1 fully saturated rings. The van der Waals surface area contributed by atoms with Crippen LogP contribution < -0.4 is 15.2 Å². The van der Waals surface area contributed by atoms with Gasteiger partial charge in [0.1, 0.15) is 5.75 Å². The van der Waals surface area contributed by atoms with Crippen LogP contribution in [-0.2, 0) is 7.05 Å². The molecule has 0 saturated carbocycles. The summed E-state index contributed by atoms with van der Waals surface area (Å²) in [5.74, 6) is -0.0361. The molecular formula is C29H27F3N6O2. The smallest absolute Gasteiger partial charge is 0.406 e. The number of benzene rings is 1. The second-order valence-corrected chi connectivity index (χ2v) is 9.90. The quantitative estimate of drug-likeness (QED) is 0.309. The number of rotatable bonds is 5. The summed E-state index contributed by atoms with van der Waals surface area (Å²) >= 11 is 0. The number of pyridine rings is 3. The molecule has 8 nitrogen and oxygen atoms in total. The maximum atomic E-state index is 12.8. The summed E-state index contributed by atoms with van der Waals surface area (Å²) in [6, 6.07) is 16.0. The Kier molecular flexibility index (Phi) is 7.21. The van der Waals surface area contributed by atoms with E-state index in [4.69, 9.17) is 6.57 Å². The van der Waals surface area contributed by atoms with Crippen molar-refractivity contribution in [3.63, 3.8) is 0 Å². The lowest BCUT2D eigenvalue weighted by Gasteiger charge is -2.48. The largest absolute Gasteiger partial charge is 0.573 e. The topological polar surface area (TPSA) is 67.9 Å².